The van der Waals surface area contributed by atoms with Gasteiger partial charge in [-0.2, -0.15) is 0 Å². The van der Waals surface area contributed by atoms with Crippen LogP contribution in [0.4, 0.5) is 10.1 Å². The molecule has 6 nitrogen and oxygen atoms in total. The molecule has 0 aliphatic carbocycles. The average Bonchev–Trinajstić information content (AvgIpc) is 3.13. The van der Waals surface area contributed by atoms with Gasteiger partial charge in [0.25, 0.3) is 0 Å². The van der Waals surface area contributed by atoms with Crippen LogP contribution < -0.4 is 14.8 Å². The third-order valence-electron chi connectivity index (χ3n) is 5.05. The molecule has 1 aliphatic rings. The molecule has 4 rings (SSSR count). The Hall–Kier alpha value is -3.39. The molecular weight excluding hydrogens is 409 g/mol. The first-order valence-corrected chi connectivity index (χ1v) is 9.92. The molecule has 3 aromatic rings. The highest BCUT2D eigenvalue weighted by molar-refractivity contribution is 7.15. The topological polar surface area (TPSA) is 84.9 Å². The highest BCUT2D eigenvalue weighted by Crippen LogP contribution is 2.51. The van der Waals surface area contributed by atoms with Crippen LogP contribution >= 0.6 is 11.3 Å². The van der Waals surface area contributed by atoms with E-state index < -0.39 is 11.8 Å². The van der Waals surface area contributed by atoms with Gasteiger partial charge < -0.3 is 19.9 Å². The Balaban J connectivity index is 1.93. The van der Waals surface area contributed by atoms with Crippen molar-refractivity contribution in [3.8, 4) is 22.6 Å². The molecule has 1 aromatic heterocycles. The Morgan fingerprint density at radius 2 is 1.90 bits per heavy atom. The number of aromatic carboxylic acids is 1. The standard InChI is InChI=1S/C22H18FNO5S/c1-28-13-7-8-14(16(9-13)29-2)15-10-17(25)24-19-18(11-3-5-12(23)6-4-11)21(22(26)27)30-20(15)19/h3-9,15H,10H2,1-2H3,(H,24,25)(H,26,27)/t15-/m0/s1. The Bertz CT molecular complexity index is 1140. The SMILES string of the molecule is COc1ccc([C@@H]2CC(=O)Nc3c2sc(C(=O)O)c3-c2ccc(F)cc2)c(OC)c1. The lowest BCUT2D eigenvalue weighted by atomic mass is 9.88. The molecule has 2 N–H and O–H groups in total. The zero-order chi connectivity index (χ0) is 21.4. The molecule has 2 heterocycles. The summed E-state index contributed by atoms with van der Waals surface area (Å²) in [5, 5.41) is 12.6. The summed E-state index contributed by atoms with van der Waals surface area (Å²) in [6, 6.07) is 10.9. The van der Waals surface area contributed by atoms with Gasteiger partial charge in [-0.25, -0.2) is 9.18 Å². The number of benzene rings is 2. The zero-order valence-corrected chi connectivity index (χ0v) is 17.0. The second kappa shape index (κ2) is 7.79. The number of carbonyl (C=O) groups excluding carboxylic acids is 1. The van der Waals surface area contributed by atoms with Gasteiger partial charge in [-0.05, 0) is 23.8 Å². The van der Waals surface area contributed by atoms with Gasteiger partial charge in [0.05, 0.1) is 19.9 Å². The molecule has 0 saturated heterocycles. The number of nitrogens with one attached hydrogen (secondary N) is 1. The van der Waals surface area contributed by atoms with Gasteiger partial charge in [0, 0.05) is 34.4 Å². The van der Waals surface area contributed by atoms with Crippen LogP contribution in [0.2, 0.25) is 0 Å². The van der Waals surface area contributed by atoms with Crippen molar-refractivity contribution in [1.29, 1.82) is 0 Å². The molecule has 1 atom stereocenters. The summed E-state index contributed by atoms with van der Waals surface area (Å²) in [6.45, 7) is 0. The molecule has 1 aliphatic heterocycles. The predicted octanol–water partition coefficient (Wildman–Crippen LogP) is 4.74. The minimum Gasteiger partial charge on any atom is -0.497 e. The molecule has 0 radical (unpaired) electrons. The monoisotopic (exact) mass is 427 g/mol. The highest BCUT2D eigenvalue weighted by Gasteiger charge is 2.35. The Labute approximate surface area is 175 Å². The number of anilines is 1. The van der Waals surface area contributed by atoms with Gasteiger partial charge in [-0.1, -0.05) is 18.2 Å². The van der Waals surface area contributed by atoms with E-state index in [-0.39, 0.29) is 23.1 Å². The van der Waals surface area contributed by atoms with Crippen LogP contribution in [0.5, 0.6) is 11.5 Å². The van der Waals surface area contributed by atoms with Gasteiger partial charge in [0.1, 0.15) is 22.2 Å². The van der Waals surface area contributed by atoms with Crippen molar-refractivity contribution in [1.82, 2.24) is 0 Å². The molecular formula is C22H18FNO5S. The number of amides is 1. The largest absolute Gasteiger partial charge is 0.497 e. The summed E-state index contributed by atoms with van der Waals surface area (Å²) in [6.07, 6.45) is 0.151. The number of ether oxygens (including phenoxy) is 2. The smallest absolute Gasteiger partial charge is 0.346 e. The van der Waals surface area contributed by atoms with Crippen LogP contribution in [-0.2, 0) is 4.79 Å². The van der Waals surface area contributed by atoms with Crippen molar-refractivity contribution in [2.24, 2.45) is 0 Å². The lowest BCUT2D eigenvalue weighted by Crippen LogP contribution is -2.22. The summed E-state index contributed by atoms with van der Waals surface area (Å²) in [5.74, 6) is -0.988. The van der Waals surface area contributed by atoms with E-state index >= 15 is 0 Å². The van der Waals surface area contributed by atoms with E-state index in [0.717, 1.165) is 21.8 Å². The fourth-order valence-corrected chi connectivity index (χ4v) is 4.92. The van der Waals surface area contributed by atoms with Crippen LogP contribution in [-0.4, -0.2) is 31.2 Å². The van der Waals surface area contributed by atoms with Crippen molar-refractivity contribution >= 4 is 28.9 Å². The van der Waals surface area contributed by atoms with Crippen molar-refractivity contribution < 1.29 is 28.6 Å². The third-order valence-corrected chi connectivity index (χ3v) is 6.34. The first kappa shape index (κ1) is 19.9. The second-order valence-electron chi connectivity index (χ2n) is 6.77. The number of fused-ring (bicyclic) bond motifs is 1. The van der Waals surface area contributed by atoms with Gasteiger partial charge in [-0.3, -0.25) is 4.79 Å². The summed E-state index contributed by atoms with van der Waals surface area (Å²) in [7, 11) is 3.08. The molecule has 0 fully saturated rings. The molecule has 30 heavy (non-hydrogen) atoms. The van der Waals surface area contributed by atoms with Crippen molar-refractivity contribution in [2.45, 2.75) is 12.3 Å². The zero-order valence-electron chi connectivity index (χ0n) is 16.2. The Kier molecular flexibility index (Phi) is 5.17. The number of hydrogen-bond acceptors (Lipinski definition) is 5. The minimum absolute atomic E-state index is 0.0892. The number of carbonyl (C=O) groups is 2. The van der Waals surface area contributed by atoms with E-state index in [9.17, 15) is 19.1 Å². The van der Waals surface area contributed by atoms with E-state index in [1.165, 1.54) is 31.4 Å². The first-order chi connectivity index (χ1) is 14.4. The van der Waals surface area contributed by atoms with Gasteiger partial charge in [0.2, 0.25) is 5.91 Å². The number of thiophene rings is 1. The molecule has 0 unspecified atom stereocenters. The fraction of sp³-hybridized carbons (Fsp3) is 0.182. The van der Waals surface area contributed by atoms with Crippen LogP contribution in [0.3, 0.4) is 0 Å². The van der Waals surface area contributed by atoms with Gasteiger partial charge in [0.15, 0.2) is 0 Å². The van der Waals surface area contributed by atoms with E-state index in [2.05, 4.69) is 5.32 Å². The minimum atomic E-state index is -1.11. The summed E-state index contributed by atoms with van der Waals surface area (Å²) in [5.41, 5.74) is 2.11. The molecule has 0 spiro atoms. The maximum atomic E-state index is 13.4. The number of halogens is 1. The third kappa shape index (κ3) is 3.39. The lowest BCUT2D eigenvalue weighted by molar-refractivity contribution is -0.116. The number of carboxylic acid groups (broad SMARTS) is 1. The van der Waals surface area contributed by atoms with Crippen molar-refractivity contribution in [3.63, 3.8) is 0 Å². The summed E-state index contributed by atoms with van der Waals surface area (Å²) >= 11 is 1.11. The molecule has 2 aromatic carbocycles. The average molecular weight is 427 g/mol. The van der Waals surface area contributed by atoms with Crippen LogP contribution in [0, 0.1) is 5.82 Å². The number of hydrogen-bond donors (Lipinski definition) is 2. The summed E-state index contributed by atoms with van der Waals surface area (Å²) < 4.78 is 24.2. The molecule has 0 bridgehead atoms. The fourth-order valence-electron chi connectivity index (χ4n) is 3.69. The van der Waals surface area contributed by atoms with Crippen molar-refractivity contribution in [3.05, 3.63) is 63.6 Å². The van der Waals surface area contributed by atoms with Crippen LogP contribution in [0.25, 0.3) is 11.1 Å². The summed E-state index contributed by atoms with van der Waals surface area (Å²) in [4.78, 5) is 25.4. The van der Waals surface area contributed by atoms with E-state index in [1.54, 1.807) is 19.2 Å². The maximum Gasteiger partial charge on any atom is 0.346 e. The second-order valence-corrected chi connectivity index (χ2v) is 7.82. The number of carboxylic acids is 1. The molecule has 8 heteroatoms. The normalized spacial score (nSPS) is 15.3. The number of methoxy groups -OCH3 is 2. The van der Waals surface area contributed by atoms with E-state index in [4.69, 9.17) is 9.47 Å². The van der Waals surface area contributed by atoms with Gasteiger partial charge in [-0.15, -0.1) is 11.3 Å². The van der Waals surface area contributed by atoms with E-state index in [0.29, 0.717) is 28.3 Å². The van der Waals surface area contributed by atoms with Gasteiger partial charge >= 0.3 is 5.97 Å². The predicted molar refractivity (Wildman–Crippen MR) is 111 cm³/mol. The highest BCUT2D eigenvalue weighted by atomic mass is 32.1. The van der Waals surface area contributed by atoms with E-state index in [1.807, 2.05) is 6.07 Å². The molecule has 0 saturated carbocycles. The molecule has 154 valence electrons. The maximum absolute atomic E-state index is 13.4. The number of rotatable bonds is 5. The quantitative estimate of drug-likeness (QED) is 0.614. The lowest BCUT2D eigenvalue weighted by Gasteiger charge is -2.25. The Morgan fingerprint density at radius 1 is 1.17 bits per heavy atom. The van der Waals surface area contributed by atoms with Crippen molar-refractivity contribution in [2.75, 3.05) is 19.5 Å². The van der Waals surface area contributed by atoms with Crippen LogP contribution in [0.1, 0.15) is 32.5 Å². The molecule has 1 amide bonds. The van der Waals surface area contributed by atoms with Crippen LogP contribution in [0.15, 0.2) is 42.5 Å². The Morgan fingerprint density at radius 3 is 2.53 bits per heavy atom. The first-order valence-electron chi connectivity index (χ1n) is 9.10.